The van der Waals surface area contributed by atoms with Crippen molar-refractivity contribution in [2.75, 3.05) is 5.32 Å². The molecule has 0 spiro atoms. The fourth-order valence-electron chi connectivity index (χ4n) is 3.08. The molecule has 2 aromatic heterocycles. The molecular weight excluding hydrogens is 396 g/mol. The highest BCUT2D eigenvalue weighted by atomic mass is 32.2. The van der Waals surface area contributed by atoms with Crippen LogP contribution in [0.5, 0.6) is 0 Å². The van der Waals surface area contributed by atoms with Crippen molar-refractivity contribution in [3.63, 3.8) is 0 Å². The number of anilines is 1. The van der Waals surface area contributed by atoms with Crippen molar-refractivity contribution in [2.24, 2.45) is 0 Å². The Hall–Kier alpha value is -3.32. The summed E-state index contributed by atoms with van der Waals surface area (Å²) in [6.45, 7) is 4.37. The van der Waals surface area contributed by atoms with Crippen LogP contribution in [0.3, 0.4) is 0 Å². The second-order valence-electron chi connectivity index (χ2n) is 6.88. The molecule has 6 nitrogen and oxygen atoms in total. The maximum Gasteiger partial charge on any atom is 0.237 e. The topological polar surface area (TPSA) is 72.9 Å². The summed E-state index contributed by atoms with van der Waals surface area (Å²) >= 11 is 1.39. The summed E-state index contributed by atoms with van der Waals surface area (Å²) in [5, 5.41) is 12.1. The molecule has 0 saturated heterocycles. The van der Waals surface area contributed by atoms with E-state index in [4.69, 9.17) is 4.42 Å². The van der Waals surface area contributed by atoms with E-state index in [-0.39, 0.29) is 11.2 Å². The Kier molecular flexibility index (Phi) is 5.99. The third kappa shape index (κ3) is 4.46. The van der Waals surface area contributed by atoms with Gasteiger partial charge in [-0.2, -0.15) is 0 Å². The Morgan fingerprint density at radius 2 is 1.77 bits per heavy atom. The van der Waals surface area contributed by atoms with Gasteiger partial charge in [-0.05, 0) is 37.6 Å². The van der Waals surface area contributed by atoms with E-state index in [2.05, 4.69) is 27.6 Å². The predicted molar refractivity (Wildman–Crippen MR) is 118 cm³/mol. The van der Waals surface area contributed by atoms with Gasteiger partial charge in [0.25, 0.3) is 0 Å². The Labute approximate surface area is 179 Å². The van der Waals surface area contributed by atoms with Crippen LogP contribution in [0.4, 0.5) is 5.69 Å². The third-order valence-electron chi connectivity index (χ3n) is 4.69. The molecule has 0 aliphatic carbocycles. The van der Waals surface area contributed by atoms with Gasteiger partial charge in [-0.1, -0.05) is 60.3 Å². The van der Waals surface area contributed by atoms with Crippen molar-refractivity contribution in [3.8, 4) is 11.4 Å². The van der Waals surface area contributed by atoms with Crippen molar-refractivity contribution in [2.45, 2.75) is 30.8 Å². The van der Waals surface area contributed by atoms with E-state index in [0.29, 0.717) is 11.7 Å². The maximum absolute atomic E-state index is 12.7. The second-order valence-corrected chi connectivity index (χ2v) is 8.19. The number of benzene rings is 2. The first-order valence-electron chi connectivity index (χ1n) is 9.66. The van der Waals surface area contributed by atoms with E-state index in [0.717, 1.165) is 28.4 Å². The second kappa shape index (κ2) is 9.00. The number of aryl methyl sites for hydroxylation is 1. The minimum absolute atomic E-state index is 0.0819. The molecule has 30 heavy (non-hydrogen) atoms. The smallest absolute Gasteiger partial charge is 0.237 e. The van der Waals surface area contributed by atoms with Crippen molar-refractivity contribution in [3.05, 3.63) is 84.3 Å². The largest absolute Gasteiger partial charge is 0.469 e. The highest BCUT2D eigenvalue weighted by Gasteiger charge is 2.22. The lowest BCUT2D eigenvalue weighted by Gasteiger charge is -2.14. The van der Waals surface area contributed by atoms with Gasteiger partial charge < -0.3 is 9.73 Å². The molecule has 0 aliphatic heterocycles. The number of carbonyl (C=O) groups is 1. The molecular formula is C23H22N4O2S. The average Bonchev–Trinajstić information content (AvgIpc) is 3.35. The summed E-state index contributed by atoms with van der Waals surface area (Å²) in [5.74, 6) is 1.42. The van der Waals surface area contributed by atoms with Gasteiger partial charge in [-0.3, -0.25) is 9.36 Å². The first-order valence-corrected chi connectivity index (χ1v) is 10.5. The third-order valence-corrected chi connectivity index (χ3v) is 5.77. The van der Waals surface area contributed by atoms with Crippen molar-refractivity contribution in [1.82, 2.24) is 14.8 Å². The molecule has 1 N–H and O–H groups in total. The van der Waals surface area contributed by atoms with E-state index in [1.165, 1.54) is 11.8 Å². The van der Waals surface area contributed by atoms with Crippen LogP contribution < -0.4 is 5.32 Å². The number of rotatable bonds is 7. The Morgan fingerprint density at radius 1 is 1.07 bits per heavy atom. The summed E-state index contributed by atoms with van der Waals surface area (Å²) in [5.41, 5.74) is 2.80. The first-order chi connectivity index (χ1) is 14.6. The molecule has 1 amide bonds. The van der Waals surface area contributed by atoms with E-state index >= 15 is 0 Å². The average molecular weight is 419 g/mol. The number of hydrogen-bond acceptors (Lipinski definition) is 5. The van der Waals surface area contributed by atoms with Gasteiger partial charge in [0.15, 0.2) is 11.0 Å². The summed E-state index contributed by atoms with van der Waals surface area (Å²) in [4.78, 5) is 12.7. The van der Waals surface area contributed by atoms with Gasteiger partial charge in [0, 0.05) is 5.69 Å². The van der Waals surface area contributed by atoms with Crippen LogP contribution in [0, 0.1) is 6.92 Å². The lowest BCUT2D eigenvalue weighted by molar-refractivity contribution is -0.115. The number of aromatic nitrogens is 3. The molecule has 0 saturated carbocycles. The zero-order valence-electron chi connectivity index (χ0n) is 16.8. The monoisotopic (exact) mass is 418 g/mol. The SMILES string of the molecule is Cc1occc1-c1nnc(S[C@H](C)C(=O)Nc2ccccc2)n1Cc1ccccc1. The zero-order chi connectivity index (χ0) is 20.9. The number of hydrogen-bond donors (Lipinski definition) is 1. The normalized spacial score (nSPS) is 11.9. The Bertz CT molecular complexity index is 1120. The van der Waals surface area contributed by atoms with Crippen LogP contribution in [0.2, 0.25) is 0 Å². The molecule has 2 aromatic carbocycles. The Balaban J connectivity index is 1.60. The number of furan rings is 1. The molecule has 4 rings (SSSR count). The van der Waals surface area contributed by atoms with Gasteiger partial charge in [0.1, 0.15) is 5.76 Å². The van der Waals surface area contributed by atoms with Crippen molar-refractivity contribution in [1.29, 1.82) is 0 Å². The van der Waals surface area contributed by atoms with E-state index in [1.54, 1.807) is 6.26 Å². The quantitative estimate of drug-likeness (QED) is 0.427. The molecule has 2 heterocycles. The summed E-state index contributed by atoms with van der Waals surface area (Å²) in [6.07, 6.45) is 1.65. The molecule has 0 unspecified atom stereocenters. The van der Waals surface area contributed by atoms with Crippen molar-refractivity contribution < 1.29 is 9.21 Å². The van der Waals surface area contributed by atoms with Gasteiger partial charge in [0.2, 0.25) is 5.91 Å². The summed E-state index contributed by atoms with van der Waals surface area (Å²) < 4.78 is 7.50. The van der Waals surface area contributed by atoms with Crippen LogP contribution in [0.1, 0.15) is 18.2 Å². The fourth-order valence-corrected chi connectivity index (χ4v) is 3.93. The molecule has 0 radical (unpaired) electrons. The van der Waals surface area contributed by atoms with E-state index < -0.39 is 0 Å². The van der Waals surface area contributed by atoms with Crippen LogP contribution in [-0.4, -0.2) is 25.9 Å². The summed E-state index contributed by atoms with van der Waals surface area (Å²) in [7, 11) is 0. The van der Waals surface area contributed by atoms with Gasteiger partial charge in [-0.25, -0.2) is 0 Å². The minimum Gasteiger partial charge on any atom is -0.469 e. The van der Waals surface area contributed by atoms with E-state index in [1.807, 2.05) is 73.0 Å². The van der Waals surface area contributed by atoms with E-state index in [9.17, 15) is 4.79 Å². The van der Waals surface area contributed by atoms with Crippen molar-refractivity contribution >= 4 is 23.4 Å². The molecule has 4 aromatic rings. The number of nitrogens with zero attached hydrogens (tertiary/aromatic N) is 3. The molecule has 7 heteroatoms. The van der Waals surface area contributed by atoms with Gasteiger partial charge >= 0.3 is 0 Å². The highest BCUT2D eigenvalue weighted by Crippen LogP contribution is 2.30. The number of thioether (sulfide) groups is 1. The fraction of sp³-hybridized carbons (Fsp3) is 0.174. The number of para-hydroxylation sites is 1. The molecule has 152 valence electrons. The van der Waals surface area contributed by atoms with Crippen LogP contribution in [0.25, 0.3) is 11.4 Å². The lowest BCUT2D eigenvalue weighted by atomic mass is 10.2. The van der Waals surface area contributed by atoms with Gasteiger partial charge in [-0.15, -0.1) is 10.2 Å². The maximum atomic E-state index is 12.7. The van der Waals surface area contributed by atoms with Crippen LogP contribution in [-0.2, 0) is 11.3 Å². The van der Waals surface area contributed by atoms with Crippen LogP contribution in [0.15, 0.2) is 82.6 Å². The molecule has 0 fully saturated rings. The molecule has 0 bridgehead atoms. The zero-order valence-corrected chi connectivity index (χ0v) is 17.6. The highest BCUT2D eigenvalue weighted by molar-refractivity contribution is 8.00. The van der Waals surface area contributed by atoms with Crippen LogP contribution >= 0.6 is 11.8 Å². The van der Waals surface area contributed by atoms with Gasteiger partial charge in [0.05, 0.1) is 23.6 Å². The Morgan fingerprint density at radius 3 is 2.43 bits per heavy atom. The molecule has 1 atom stereocenters. The number of carbonyl (C=O) groups excluding carboxylic acids is 1. The minimum atomic E-state index is -0.345. The predicted octanol–water partition coefficient (Wildman–Crippen LogP) is 5.01. The number of amides is 1. The first kappa shape index (κ1) is 20.0. The number of nitrogens with one attached hydrogen (secondary N) is 1. The standard InChI is InChI=1S/C23H22N4O2S/c1-16-20(13-14-29-16)21-25-26-23(27(21)15-18-9-5-3-6-10-18)30-17(2)22(28)24-19-11-7-4-8-12-19/h3-14,17H,15H2,1-2H3,(H,24,28)/t17-/m1/s1. The lowest BCUT2D eigenvalue weighted by Crippen LogP contribution is -2.23. The summed E-state index contributed by atoms with van der Waals surface area (Å²) in [6, 6.07) is 21.4. The molecule has 0 aliphatic rings.